The highest BCUT2D eigenvalue weighted by Crippen LogP contribution is 2.56. The Morgan fingerprint density at radius 1 is 1.04 bits per heavy atom. The normalized spacial score (nSPS) is 19.8. The van der Waals surface area contributed by atoms with Crippen molar-refractivity contribution in [2.24, 2.45) is 5.41 Å². The number of nitrogens with zero attached hydrogens (tertiary/aromatic N) is 1. The zero-order valence-corrected chi connectivity index (χ0v) is 15.9. The molecule has 0 radical (unpaired) electrons. The number of fused-ring (bicyclic) bond motifs is 2. The van der Waals surface area contributed by atoms with E-state index in [1.807, 2.05) is 32.0 Å². The lowest BCUT2D eigenvalue weighted by Crippen LogP contribution is -2.58. The van der Waals surface area contributed by atoms with Gasteiger partial charge in [-0.05, 0) is 36.3 Å². The SMILES string of the molecule is CC1(C)c2cccc3c4oc(=O)cc(O)c4c(=O)n(c23)C(C)(C)C1(C)C. The van der Waals surface area contributed by atoms with Gasteiger partial charge in [-0.1, -0.05) is 39.8 Å². The van der Waals surface area contributed by atoms with E-state index in [2.05, 4.69) is 27.7 Å². The summed E-state index contributed by atoms with van der Waals surface area (Å²) >= 11 is 0. The Kier molecular flexibility index (Phi) is 2.98. The number of rotatable bonds is 0. The van der Waals surface area contributed by atoms with Gasteiger partial charge in [0, 0.05) is 10.9 Å². The van der Waals surface area contributed by atoms with E-state index in [-0.39, 0.29) is 33.1 Å². The number of pyridine rings is 1. The molecule has 1 aliphatic rings. The molecule has 5 nitrogen and oxygen atoms in total. The van der Waals surface area contributed by atoms with Gasteiger partial charge in [0.2, 0.25) is 0 Å². The molecule has 2 aromatic heterocycles. The summed E-state index contributed by atoms with van der Waals surface area (Å²) in [5.74, 6) is -0.337. The first kappa shape index (κ1) is 16.9. The molecule has 0 spiro atoms. The minimum Gasteiger partial charge on any atom is -0.507 e. The first-order valence-corrected chi connectivity index (χ1v) is 8.78. The zero-order valence-electron chi connectivity index (χ0n) is 15.9. The predicted molar refractivity (Wildman–Crippen MR) is 102 cm³/mol. The van der Waals surface area contributed by atoms with Crippen LogP contribution in [0.15, 0.2) is 38.3 Å². The lowest BCUT2D eigenvalue weighted by atomic mass is 9.54. The van der Waals surface area contributed by atoms with Gasteiger partial charge in [-0.2, -0.15) is 0 Å². The number of aromatic nitrogens is 1. The van der Waals surface area contributed by atoms with Gasteiger partial charge in [-0.15, -0.1) is 0 Å². The predicted octanol–water partition coefficient (Wildman–Crippen LogP) is 3.87. The van der Waals surface area contributed by atoms with E-state index >= 15 is 0 Å². The molecule has 5 heteroatoms. The van der Waals surface area contributed by atoms with E-state index in [1.54, 1.807) is 4.57 Å². The minimum absolute atomic E-state index is 0.0535. The van der Waals surface area contributed by atoms with Crippen molar-refractivity contribution in [3.05, 3.63) is 50.6 Å². The van der Waals surface area contributed by atoms with Gasteiger partial charge in [-0.3, -0.25) is 4.79 Å². The lowest BCUT2D eigenvalue weighted by Gasteiger charge is -2.57. The maximum atomic E-state index is 13.4. The van der Waals surface area contributed by atoms with Gasteiger partial charge in [-0.25, -0.2) is 4.79 Å². The van der Waals surface area contributed by atoms with E-state index in [4.69, 9.17) is 4.42 Å². The first-order chi connectivity index (χ1) is 11.9. The van der Waals surface area contributed by atoms with Crippen LogP contribution in [0, 0.1) is 5.41 Å². The van der Waals surface area contributed by atoms with Gasteiger partial charge in [0.25, 0.3) is 5.56 Å². The Bertz CT molecular complexity index is 1210. The second kappa shape index (κ2) is 4.58. The summed E-state index contributed by atoms with van der Waals surface area (Å²) in [5.41, 5.74) is -0.0739. The molecule has 0 bridgehead atoms. The molecule has 0 atom stereocenters. The average molecular weight is 353 g/mol. The summed E-state index contributed by atoms with van der Waals surface area (Å²) in [7, 11) is 0. The van der Waals surface area contributed by atoms with Crippen molar-refractivity contribution in [2.45, 2.75) is 52.5 Å². The Balaban J connectivity index is 2.44. The standard InChI is InChI=1S/C21H23NO4/c1-19(2)12-9-7-8-11-16(12)22(21(5,6)20(19,3)4)18(25)15-13(23)10-14(24)26-17(11)15/h7-10,23H,1-6H3. The van der Waals surface area contributed by atoms with Crippen molar-refractivity contribution in [3.63, 3.8) is 0 Å². The molecule has 1 N–H and O–H groups in total. The molecule has 4 rings (SSSR count). The highest BCUT2D eigenvalue weighted by Gasteiger charge is 2.54. The number of benzene rings is 1. The summed E-state index contributed by atoms with van der Waals surface area (Å²) in [6.45, 7) is 12.8. The van der Waals surface area contributed by atoms with Crippen LogP contribution in [0.2, 0.25) is 0 Å². The van der Waals surface area contributed by atoms with Gasteiger partial charge < -0.3 is 14.1 Å². The van der Waals surface area contributed by atoms with Crippen molar-refractivity contribution in [2.75, 3.05) is 0 Å². The Morgan fingerprint density at radius 2 is 1.69 bits per heavy atom. The average Bonchev–Trinajstić information content (AvgIpc) is 2.52. The molecule has 0 unspecified atom stereocenters. The summed E-state index contributed by atoms with van der Waals surface area (Å²) in [6, 6.07) is 6.73. The van der Waals surface area contributed by atoms with Crippen LogP contribution in [-0.2, 0) is 11.0 Å². The Hall–Kier alpha value is -2.56. The zero-order chi connectivity index (χ0) is 19.2. The number of para-hydroxylation sites is 1. The van der Waals surface area contributed by atoms with Crippen LogP contribution in [0.3, 0.4) is 0 Å². The largest absolute Gasteiger partial charge is 0.507 e. The molecule has 1 aromatic carbocycles. The second-order valence-corrected chi connectivity index (χ2v) is 8.81. The van der Waals surface area contributed by atoms with Gasteiger partial charge in [0.15, 0.2) is 5.58 Å². The number of hydrogen-bond acceptors (Lipinski definition) is 4. The fraction of sp³-hybridized carbons (Fsp3) is 0.429. The van der Waals surface area contributed by atoms with Crippen molar-refractivity contribution in [1.29, 1.82) is 0 Å². The number of hydrogen-bond donors (Lipinski definition) is 1. The van der Waals surface area contributed by atoms with Crippen LogP contribution < -0.4 is 11.2 Å². The quantitative estimate of drug-likeness (QED) is 0.623. The van der Waals surface area contributed by atoms with Gasteiger partial charge >= 0.3 is 5.63 Å². The van der Waals surface area contributed by atoms with E-state index in [0.29, 0.717) is 5.39 Å². The summed E-state index contributed by atoms with van der Waals surface area (Å²) in [6.07, 6.45) is 0. The Morgan fingerprint density at radius 3 is 2.35 bits per heavy atom. The molecule has 0 saturated carbocycles. The van der Waals surface area contributed by atoms with Crippen LogP contribution in [0.5, 0.6) is 5.75 Å². The van der Waals surface area contributed by atoms with Gasteiger partial charge in [0.05, 0.1) is 11.6 Å². The highest BCUT2D eigenvalue weighted by molar-refractivity contribution is 6.05. The topological polar surface area (TPSA) is 72.4 Å². The molecule has 26 heavy (non-hydrogen) atoms. The van der Waals surface area contributed by atoms with E-state index in [9.17, 15) is 14.7 Å². The third-order valence-electron chi connectivity index (χ3n) is 7.19. The monoisotopic (exact) mass is 353 g/mol. The van der Waals surface area contributed by atoms with Crippen LogP contribution in [0.1, 0.15) is 47.1 Å². The summed E-state index contributed by atoms with van der Waals surface area (Å²) < 4.78 is 7.14. The van der Waals surface area contributed by atoms with Crippen molar-refractivity contribution >= 4 is 21.9 Å². The van der Waals surface area contributed by atoms with Crippen LogP contribution in [0.25, 0.3) is 21.9 Å². The maximum Gasteiger partial charge on any atom is 0.339 e. The fourth-order valence-corrected chi connectivity index (χ4v) is 4.48. The molecular weight excluding hydrogens is 330 g/mol. The van der Waals surface area contributed by atoms with Crippen LogP contribution in [-0.4, -0.2) is 9.67 Å². The molecule has 3 heterocycles. The summed E-state index contributed by atoms with van der Waals surface area (Å²) in [5, 5.41) is 11.1. The third-order valence-corrected chi connectivity index (χ3v) is 7.19. The second-order valence-electron chi connectivity index (χ2n) is 8.81. The molecule has 1 aliphatic heterocycles. The molecule has 0 fully saturated rings. The maximum absolute atomic E-state index is 13.4. The molecule has 0 saturated heterocycles. The van der Waals surface area contributed by atoms with Crippen LogP contribution in [0.4, 0.5) is 0 Å². The van der Waals surface area contributed by atoms with E-state index in [1.165, 1.54) is 0 Å². The van der Waals surface area contributed by atoms with Gasteiger partial charge in [0.1, 0.15) is 11.1 Å². The van der Waals surface area contributed by atoms with E-state index in [0.717, 1.165) is 17.1 Å². The molecule has 0 amide bonds. The fourth-order valence-electron chi connectivity index (χ4n) is 4.48. The smallest absolute Gasteiger partial charge is 0.339 e. The number of aromatic hydroxyl groups is 1. The molecule has 136 valence electrons. The van der Waals surface area contributed by atoms with Crippen LogP contribution >= 0.6 is 0 Å². The van der Waals surface area contributed by atoms with Crippen molar-refractivity contribution < 1.29 is 9.52 Å². The van der Waals surface area contributed by atoms with Crippen molar-refractivity contribution in [3.8, 4) is 5.75 Å². The summed E-state index contributed by atoms with van der Waals surface area (Å²) in [4.78, 5) is 25.3. The minimum atomic E-state index is -0.672. The van der Waals surface area contributed by atoms with E-state index < -0.39 is 11.2 Å². The molecule has 0 aliphatic carbocycles. The lowest BCUT2D eigenvalue weighted by molar-refractivity contribution is 0.0301. The third kappa shape index (κ3) is 1.66. The highest BCUT2D eigenvalue weighted by atomic mass is 16.4. The molecule has 3 aromatic rings. The Labute approximate surface area is 150 Å². The van der Waals surface area contributed by atoms with Crippen molar-refractivity contribution in [1.82, 2.24) is 4.57 Å². The molecular formula is C21H23NO4. The first-order valence-electron chi connectivity index (χ1n) is 8.78.